The highest BCUT2D eigenvalue weighted by Gasteiger charge is 2.30. The molecule has 1 saturated heterocycles. The van der Waals surface area contributed by atoms with Crippen LogP contribution in [0.4, 0.5) is 10.5 Å². The Morgan fingerprint density at radius 3 is 2.16 bits per heavy atom. The highest BCUT2D eigenvalue weighted by molar-refractivity contribution is 5.88. The maximum absolute atomic E-state index is 13.1. The second kappa shape index (κ2) is 11.9. The zero-order valence-corrected chi connectivity index (χ0v) is 23.4. The third-order valence-electron chi connectivity index (χ3n) is 6.55. The molecule has 1 atom stereocenters. The molecule has 1 fully saturated rings. The van der Waals surface area contributed by atoms with E-state index in [1.165, 1.54) is 10.5 Å². The normalized spacial score (nSPS) is 15.7. The Morgan fingerprint density at radius 1 is 1.05 bits per heavy atom. The summed E-state index contributed by atoms with van der Waals surface area (Å²) in [6.45, 7) is 13.5. The lowest BCUT2D eigenvalue weighted by molar-refractivity contribution is -0.139. The van der Waals surface area contributed by atoms with Crippen LogP contribution < -0.4 is 9.64 Å². The zero-order chi connectivity index (χ0) is 27.3. The number of nitrogens with zero attached hydrogens (tertiary/aromatic N) is 5. The topological polar surface area (TPSA) is 88.1 Å². The fourth-order valence-corrected chi connectivity index (χ4v) is 4.62. The van der Waals surface area contributed by atoms with Gasteiger partial charge in [-0.1, -0.05) is 30.3 Å². The van der Waals surface area contributed by atoms with Gasteiger partial charge in [0, 0.05) is 39.8 Å². The number of rotatable bonds is 7. The summed E-state index contributed by atoms with van der Waals surface area (Å²) in [7, 11) is 3.47. The quantitative estimate of drug-likeness (QED) is 0.546. The summed E-state index contributed by atoms with van der Waals surface area (Å²) in [4.78, 5) is 40.1. The summed E-state index contributed by atoms with van der Waals surface area (Å²) >= 11 is 0. The summed E-state index contributed by atoms with van der Waals surface area (Å²) < 4.78 is 11.3. The molecule has 0 aliphatic carbocycles. The van der Waals surface area contributed by atoms with Gasteiger partial charge in [0.25, 0.3) is 5.91 Å². The number of benzene rings is 1. The van der Waals surface area contributed by atoms with Gasteiger partial charge in [-0.2, -0.15) is 9.97 Å². The van der Waals surface area contributed by atoms with Gasteiger partial charge in [-0.15, -0.1) is 0 Å². The van der Waals surface area contributed by atoms with E-state index in [4.69, 9.17) is 9.47 Å². The van der Waals surface area contributed by atoms with Crippen molar-refractivity contribution in [1.29, 1.82) is 0 Å². The van der Waals surface area contributed by atoms with Crippen LogP contribution in [0.15, 0.2) is 30.3 Å². The van der Waals surface area contributed by atoms with Crippen molar-refractivity contribution in [1.82, 2.24) is 19.8 Å². The number of carbonyl (C=O) groups excluding carboxylic acids is 2. The number of anilines is 1. The molecule has 0 spiro atoms. The fraction of sp³-hybridized carbons (Fsp3) is 0.571. The van der Waals surface area contributed by atoms with Gasteiger partial charge < -0.3 is 14.4 Å². The van der Waals surface area contributed by atoms with Crippen LogP contribution in [-0.4, -0.2) is 76.7 Å². The summed E-state index contributed by atoms with van der Waals surface area (Å²) in [5, 5.41) is 0. The van der Waals surface area contributed by atoms with Crippen molar-refractivity contribution in [3.63, 3.8) is 0 Å². The molecule has 0 radical (unpaired) electrons. The van der Waals surface area contributed by atoms with Crippen LogP contribution in [0.3, 0.4) is 0 Å². The number of likely N-dealkylation sites (tertiary alicyclic amines) is 1. The number of likely N-dealkylation sites (N-methyl/N-ethyl adjacent to an activating group) is 1. The van der Waals surface area contributed by atoms with E-state index in [0.29, 0.717) is 17.1 Å². The van der Waals surface area contributed by atoms with Gasteiger partial charge in [-0.3, -0.25) is 14.6 Å². The van der Waals surface area contributed by atoms with Crippen molar-refractivity contribution >= 4 is 17.7 Å². The molecule has 3 rings (SSSR count). The van der Waals surface area contributed by atoms with Crippen molar-refractivity contribution < 1.29 is 19.1 Å². The number of aryl methyl sites for hydroxylation is 2. The van der Waals surface area contributed by atoms with E-state index in [0.717, 1.165) is 32.5 Å². The van der Waals surface area contributed by atoms with E-state index < -0.39 is 17.8 Å². The van der Waals surface area contributed by atoms with Crippen LogP contribution in [0.5, 0.6) is 6.01 Å². The molecule has 1 aromatic heterocycles. The first-order chi connectivity index (χ1) is 17.4. The molecule has 0 N–H and O–H groups in total. The van der Waals surface area contributed by atoms with Crippen LogP contribution in [0.25, 0.3) is 0 Å². The Balaban J connectivity index is 1.57. The minimum atomic E-state index is -0.736. The summed E-state index contributed by atoms with van der Waals surface area (Å²) in [6, 6.07) is 10.7. The highest BCUT2D eigenvalue weighted by Crippen LogP contribution is 2.26. The van der Waals surface area contributed by atoms with Gasteiger partial charge in [0.2, 0.25) is 0 Å². The smallest absolute Gasteiger partial charge is 0.414 e. The number of carbonyl (C=O) groups is 2. The first-order valence-electron chi connectivity index (χ1n) is 12.9. The molecule has 202 valence electrons. The Labute approximate surface area is 220 Å². The molecule has 1 aliphatic heterocycles. The van der Waals surface area contributed by atoms with Crippen molar-refractivity contribution in [2.75, 3.05) is 32.1 Å². The first kappa shape index (κ1) is 28.4. The molecule has 0 saturated carbocycles. The van der Waals surface area contributed by atoms with Gasteiger partial charge in [0.1, 0.15) is 5.60 Å². The lowest BCUT2D eigenvalue weighted by Crippen LogP contribution is -2.48. The number of amides is 2. The lowest BCUT2D eigenvalue weighted by atomic mass is 10.0. The predicted octanol–water partition coefficient (Wildman–Crippen LogP) is 4.36. The van der Waals surface area contributed by atoms with Crippen LogP contribution in [0.2, 0.25) is 0 Å². The van der Waals surface area contributed by atoms with Crippen LogP contribution in [-0.2, 0) is 16.1 Å². The minimum Gasteiger partial charge on any atom is -0.450 e. The summed E-state index contributed by atoms with van der Waals surface area (Å²) in [5.41, 5.74) is 2.38. The Morgan fingerprint density at radius 2 is 1.62 bits per heavy atom. The van der Waals surface area contributed by atoms with Gasteiger partial charge in [0.05, 0.1) is 17.1 Å². The van der Waals surface area contributed by atoms with Crippen LogP contribution in [0, 0.1) is 13.8 Å². The molecular weight excluding hydrogens is 470 g/mol. The second-order valence-electron chi connectivity index (χ2n) is 10.8. The molecule has 9 nitrogen and oxygen atoms in total. The van der Waals surface area contributed by atoms with Crippen molar-refractivity contribution in [2.24, 2.45) is 0 Å². The number of ether oxygens (including phenoxy) is 2. The largest absolute Gasteiger partial charge is 0.450 e. The fourth-order valence-electron chi connectivity index (χ4n) is 4.62. The van der Waals surface area contributed by atoms with Crippen molar-refractivity contribution in [2.45, 2.75) is 78.7 Å². The maximum Gasteiger partial charge on any atom is 0.414 e. The molecule has 2 heterocycles. The Bertz CT molecular complexity index is 1050. The number of hydrogen-bond donors (Lipinski definition) is 0. The standard InChI is InChI=1S/C28H41N5O4/c1-19-24(32(8)27(35)37-28(4,5)6)20(2)30-26(29-19)36-21(3)25(34)31(7)23-14-16-33(17-15-23)18-22-12-10-9-11-13-22/h9-13,21,23H,14-18H2,1-8H3. The summed E-state index contributed by atoms with van der Waals surface area (Å²) in [6.07, 6.45) is 0.612. The van der Waals surface area contributed by atoms with E-state index in [-0.39, 0.29) is 18.0 Å². The van der Waals surface area contributed by atoms with Crippen LogP contribution >= 0.6 is 0 Å². The average Bonchev–Trinajstić information content (AvgIpc) is 2.82. The third-order valence-corrected chi connectivity index (χ3v) is 6.55. The second-order valence-corrected chi connectivity index (χ2v) is 10.8. The monoisotopic (exact) mass is 511 g/mol. The molecule has 2 amide bonds. The molecule has 2 aromatic rings. The van der Waals surface area contributed by atoms with E-state index in [2.05, 4.69) is 39.1 Å². The van der Waals surface area contributed by atoms with Gasteiger partial charge >= 0.3 is 12.1 Å². The zero-order valence-electron chi connectivity index (χ0n) is 23.4. The lowest BCUT2D eigenvalue weighted by Gasteiger charge is -2.37. The van der Waals surface area contributed by atoms with Crippen molar-refractivity contribution in [3.05, 3.63) is 47.3 Å². The molecule has 37 heavy (non-hydrogen) atoms. The Hall–Kier alpha value is -3.20. The van der Waals surface area contributed by atoms with Gasteiger partial charge in [0.15, 0.2) is 6.10 Å². The highest BCUT2D eigenvalue weighted by atomic mass is 16.6. The number of piperidine rings is 1. The number of hydrogen-bond acceptors (Lipinski definition) is 7. The molecule has 1 aromatic carbocycles. The first-order valence-corrected chi connectivity index (χ1v) is 12.9. The van der Waals surface area contributed by atoms with Gasteiger partial charge in [-0.05, 0) is 59.9 Å². The number of aromatic nitrogens is 2. The van der Waals surface area contributed by atoms with E-state index >= 15 is 0 Å². The molecule has 0 bridgehead atoms. The predicted molar refractivity (Wildman–Crippen MR) is 144 cm³/mol. The molecule has 1 aliphatic rings. The third kappa shape index (κ3) is 7.64. The SMILES string of the molecule is Cc1nc(OC(C)C(=O)N(C)C2CCN(Cc3ccccc3)CC2)nc(C)c1N(C)C(=O)OC(C)(C)C. The summed E-state index contributed by atoms with van der Waals surface area (Å²) in [5.74, 6) is -0.102. The Kier molecular flexibility index (Phi) is 9.12. The van der Waals surface area contributed by atoms with E-state index in [1.807, 2.05) is 33.9 Å². The molecule has 1 unspecified atom stereocenters. The minimum absolute atomic E-state index is 0.102. The average molecular weight is 512 g/mol. The van der Waals surface area contributed by atoms with Crippen LogP contribution in [0.1, 0.15) is 57.5 Å². The van der Waals surface area contributed by atoms with E-state index in [9.17, 15) is 9.59 Å². The maximum atomic E-state index is 13.1. The van der Waals surface area contributed by atoms with E-state index in [1.54, 1.807) is 32.7 Å². The van der Waals surface area contributed by atoms with Gasteiger partial charge in [-0.25, -0.2) is 4.79 Å². The molecular formula is C28H41N5O4. The molecule has 9 heteroatoms. The van der Waals surface area contributed by atoms with Crippen molar-refractivity contribution in [3.8, 4) is 6.01 Å².